The van der Waals surface area contributed by atoms with Crippen LogP contribution in [0, 0.1) is 5.92 Å². The van der Waals surface area contributed by atoms with E-state index in [9.17, 15) is 4.79 Å². The van der Waals surface area contributed by atoms with Crippen LogP contribution >= 0.6 is 0 Å². The third-order valence-electron chi connectivity index (χ3n) is 4.50. The van der Waals surface area contributed by atoms with Crippen LogP contribution in [0.25, 0.3) is 0 Å². The zero-order valence-corrected chi connectivity index (χ0v) is 12.6. The first-order valence-electron chi connectivity index (χ1n) is 7.76. The van der Waals surface area contributed by atoms with Gasteiger partial charge in [-0.1, -0.05) is 26.0 Å². The Bertz CT molecular complexity index is 433. The number of anilines is 1. The topological polar surface area (TPSA) is 55.1 Å². The van der Waals surface area contributed by atoms with E-state index >= 15 is 0 Å². The molecule has 1 aliphatic carbocycles. The Balaban J connectivity index is 1.91. The van der Waals surface area contributed by atoms with Gasteiger partial charge in [0.2, 0.25) is 5.91 Å². The first-order valence-corrected chi connectivity index (χ1v) is 7.76. The Labute approximate surface area is 121 Å². The third-order valence-corrected chi connectivity index (χ3v) is 4.50. The Hall–Kier alpha value is -1.35. The fourth-order valence-corrected chi connectivity index (χ4v) is 2.76. The van der Waals surface area contributed by atoms with Gasteiger partial charge in [-0.15, -0.1) is 0 Å². The molecule has 2 rings (SSSR count). The molecule has 1 saturated carbocycles. The van der Waals surface area contributed by atoms with Crippen LogP contribution in [0.2, 0.25) is 0 Å². The predicted octanol–water partition coefficient (Wildman–Crippen LogP) is 3.66. The summed E-state index contributed by atoms with van der Waals surface area (Å²) in [5.74, 6) is 0.844. The maximum atomic E-state index is 12.2. The number of hydrogen-bond acceptors (Lipinski definition) is 2. The van der Waals surface area contributed by atoms with Crippen molar-refractivity contribution in [2.45, 2.75) is 57.9 Å². The van der Waals surface area contributed by atoms with Gasteiger partial charge < -0.3 is 11.1 Å². The van der Waals surface area contributed by atoms with Crippen LogP contribution in [0.4, 0.5) is 5.69 Å². The highest BCUT2D eigenvalue weighted by atomic mass is 16.1. The number of rotatable bonds is 4. The zero-order chi connectivity index (χ0) is 14.5. The first kappa shape index (κ1) is 15.0. The van der Waals surface area contributed by atoms with Crippen molar-refractivity contribution in [2.75, 3.05) is 5.32 Å². The molecule has 1 amide bonds. The number of benzene rings is 1. The average Bonchev–Trinajstić information content (AvgIpc) is 2.48. The molecule has 3 N–H and O–H groups in total. The van der Waals surface area contributed by atoms with Crippen molar-refractivity contribution in [3.8, 4) is 0 Å². The predicted molar refractivity (Wildman–Crippen MR) is 83.7 cm³/mol. The van der Waals surface area contributed by atoms with Crippen LogP contribution in [-0.2, 0) is 4.79 Å². The molecule has 0 aromatic heterocycles. The standard InChI is InChI=1S/C17H26N2O/c1-3-12(2)13-6-10-16(11-7-13)19-17(20)14-4-8-15(18)9-5-14/h6-7,10-12,14-15H,3-5,8-9,18H2,1-2H3,(H,19,20). The van der Waals surface area contributed by atoms with Gasteiger partial charge in [0.25, 0.3) is 0 Å². The van der Waals surface area contributed by atoms with E-state index in [-0.39, 0.29) is 17.9 Å². The van der Waals surface area contributed by atoms with Crippen LogP contribution in [0.1, 0.15) is 57.4 Å². The number of carbonyl (C=O) groups excluding carboxylic acids is 1. The molecule has 1 unspecified atom stereocenters. The van der Waals surface area contributed by atoms with Crippen LogP contribution < -0.4 is 11.1 Å². The van der Waals surface area contributed by atoms with Gasteiger partial charge in [-0.05, 0) is 55.7 Å². The molecule has 1 atom stereocenters. The molecule has 1 aromatic rings. The monoisotopic (exact) mass is 274 g/mol. The normalized spacial score (nSPS) is 24.1. The smallest absolute Gasteiger partial charge is 0.227 e. The summed E-state index contributed by atoms with van der Waals surface area (Å²) in [7, 11) is 0. The summed E-state index contributed by atoms with van der Waals surface area (Å²) >= 11 is 0. The van der Waals surface area contributed by atoms with Crippen molar-refractivity contribution in [1.82, 2.24) is 0 Å². The van der Waals surface area contributed by atoms with Crippen molar-refractivity contribution < 1.29 is 4.79 Å². The lowest BCUT2D eigenvalue weighted by Gasteiger charge is -2.25. The molecule has 3 nitrogen and oxygen atoms in total. The van der Waals surface area contributed by atoms with E-state index in [1.165, 1.54) is 5.56 Å². The molecule has 0 radical (unpaired) electrons. The van der Waals surface area contributed by atoms with Gasteiger partial charge >= 0.3 is 0 Å². The van der Waals surface area contributed by atoms with Crippen molar-refractivity contribution >= 4 is 11.6 Å². The van der Waals surface area contributed by atoms with E-state index in [1.807, 2.05) is 12.1 Å². The second-order valence-corrected chi connectivity index (χ2v) is 6.03. The van der Waals surface area contributed by atoms with Crippen molar-refractivity contribution in [2.24, 2.45) is 11.7 Å². The molecule has 1 aliphatic rings. The SMILES string of the molecule is CCC(C)c1ccc(NC(=O)C2CCC(N)CC2)cc1. The maximum absolute atomic E-state index is 12.2. The van der Waals surface area contributed by atoms with Gasteiger partial charge in [-0.3, -0.25) is 4.79 Å². The maximum Gasteiger partial charge on any atom is 0.227 e. The van der Waals surface area contributed by atoms with Crippen LogP contribution in [0.5, 0.6) is 0 Å². The lowest BCUT2D eigenvalue weighted by atomic mass is 9.86. The van der Waals surface area contributed by atoms with Crippen molar-refractivity contribution in [3.05, 3.63) is 29.8 Å². The van der Waals surface area contributed by atoms with E-state index in [4.69, 9.17) is 5.73 Å². The fourth-order valence-electron chi connectivity index (χ4n) is 2.76. The van der Waals surface area contributed by atoms with Crippen molar-refractivity contribution in [3.63, 3.8) is 0 Å². The summed E-state index contributed by atoms with van der Waals surface area (Å²) in [6, 6.07) is 8.53. The lowest BCUT2D eigenvalue weighted by Crippen LogP contribution is -2.32. The highest BCUT2D eigenvalue weighted by Crippen LogP contribution is 2.25. The molecule has 20 heavy (non-hydrogen) atoms. The van der Waals surface area contributed by atoms with Crippen molar-refractivity contribution in [1.29, 1.82) is 0 Å². The van der Waals surface area contributed by atoms with Gasteiger partial charge in [0, 0.05) is 17.6 Å². The van der Waals surface area contributed by atoms with Crippen LogP contribution in [-0.4, -0.2) is 11.9 Å². The van der Waals surface area contributed by atoms with Gasteiger partial charge in [0.05, 0.1) is 0 Å². The first-order chi connectivity index (χ1) is 9.60. The van der Waals surface area contributed by atoms with Gasteiger partial charge in [0.15, 0.2) is 0 Å². The quantitative estimate of drug-likeness (QED) is 0.880. The van der Waals surface area contributed by atoms with E-state index in [0.29, 0.717) is 5.92 Å². The Morgan fingerprint density at radius 1 is 1.25 bits per heavy atom. The number of nitrogens with two attached hydrogens (primary N) is 1. The van der Waals surface area contributed by atoms with E-state index in [0.717, 1.165) is 37.8 Å². The van der Waals surface area contributed by atoms with Gasteiger partial charge in [-0.25, -0.2) is 0 Å². The minimum atomic E-state index is 0.129. The lowest BCUT2D eigenvalue weighted by molar-refractivity contribution is -0.120. The number of nitrogens with one attached hydrogen (secondary N) is 1. The van der Waals surface area contributed by atoms with E-state index in [2.05, 4.69) is 31.3 Å². The largest absolute Gasteiger partial charge is 0.328 e. The minimum Gasteiger partial charge on any atom is -0.328 e. The molecular weight excluding hydrogens is 248 g/mol. The zero-order valence-electron chi connectivity index (χ0n) is 12.6. The summed E-state index contributed by atoms with van der Waals surface area (Å²) in [6.07, 6.45) is 4.89. The van der Waals surface area contributed by atoms with E-state index in [1.54, 1.807) is 0 Å². The molecule has 3 heteroatoms. The number of carbonyl (C=O) groups is 1. The van der Waals surface area contributed by atoms with Crippen LogP contribution in [0.3, 0.4) is 0 Å². The molecule has 1 fully saturated rings. The molecule has 0 spiro atoms. The highest BCUT2D eigenvalue weighted by Gasteiger charge is 2.24. The second-order valence-electron chi connectivity index (χ2n) is 6.03. The molecule has 0 heterocycles. The summed E-state index contributed by atoms with van der Waals surface area (Å²) in [6.45, 7) is 4.41. The Morgan fingerprint density at radius 2 is 1.85 bits per heavy atom. The fraction of sp³-hybridized carbons (Fsp3) is 0.588. The number of amides is 1. The Kier molecular flexibility index (Phi) is 5.18. The minimum absolute atomic E-state index is 0.129. The second kappa shape index (κ2) is 6.89. The van der Waals surface area contributed by atoms with Crippen LogP contribution in [0.15, 0.2) is 24.3 Å². The summed E-state index contributed by atoms with van der Waals surface area (Å²) < 4.78 is 0. The average molecular weight is 274 g/mol. The molecule has 0 saturated heterocycles. The summed E-state index contributed by atoms with van der Waals surface area (Å²) in [5.41, 5.74) is 8.10. The molecule has 1 aromatic carbocycles. The molecule has 0 bridgehead atoms. The number of hydrogen-bond donors (Lipinski definition) is 2. The van der Waals surface area contributed by atoms with Gasteiger partial charge in [-0.2, -0.15) is 0 Å². The Morgan fingerprint density at radius 3 is 2.40 bits per heavy atom. The summed E-state index contributed by atoms with van der Waals surface area (Å²) in [5, 5.41) is 3.03. The third kappa shape index (κ3) is 3.83. The van der Waals surface area contributed by atoms with E-state index < -0.39 is 0 Å². The van der Waals surface area contributed by atoms with Gasteiger partial charge in [0.1, 0.15) is 0 Å². The summed E-state index contributed by atoms with van der Waals surface area (Å²) in [4.78, 5) is 12.2. The molecule has 110 valence electrons. The highest BCUT2D eigenvalue weighted by molar-refractivity contribution is 5.92. The molecular formula is C17H26N2O. The molecule has 0 aliphatic heterocycles.